The van der Waals surface area contributed by atoms with Crippen molar-refractivity contribution >= 4 is 11.9 Å². The lowest BCUT2D eigenvalue weighted by Gasteiger charge is -2.24. The third-order valence-electron chi connectivity index (χ3n) is 3.11. The van der Waals surface area contributed by atoms with Gasteiger partial charge in [-0.1, -0.05) is 20.8 Å². The minimum Gasteiger partial charge on any atom is -0.481 e. The van der Waals surface area contributed by atoms with Crippen molar-refractivity contribution in [2.75, 3.05) is 13.1 Å². The van der Waals surface area contributed by atoms with Gasteiger partial charge in [-0.05, 0) is 31.2 Å². The first-order valence-corrected chi connectivity index (χ1v) is 6.53. The van der Waals surface area contributed by atoms with Gasteiger partial charge in [0.15, 0.2) is 0 Å². The highest BCUT2D eigenvalue weighted by Gasteiger charge is 2.27. The first-order chi connectivity index (χ1) is 8.29. The summed E-state index contributed by atoms with van der Waals surface area (Å²) in [5.74, 6) is -1.44. The minimum atomic E-state index is -0.843. The number of aliphatic carboxylic acids is 1. The summed E-state index contributed by atoms with van der Waals surface area (Å²) >= 11 is 0. The Bertz CT molecular complexity index is 304. The largest absolute Gasteiger partial charge is 0.481 e. The van der Waals surface area contributed by atoms with Gasteiger partial charge in [0.05, 0.1) is 12.0 Å². The Morgan fingerprint density at radius 1 is 1.44 bits per heavy atom. The van der Waals surface area contributed by atoms with E-state index in [9.17, 15) is 9.59 Å². The summed E-state index contributed by atoms with van der Waals surface area (Å²) in [4.78, 5) is 22.9. The molecule has 0 radical (unpaired) electrons. The van der Waals surface area contributed by atoms with E-state index in [1.54, 1.807) is 0 Å². The second-order valence-corrected chi connectivity index (χ2v) is 6.19. The maximum Gasteiger partial charge on any atom is 0.308 e. The molecule has 5 heteroatoms. The summed E-state index contributed by atoms with van der Waals surface area (Å²) in [5.41, 5.74) is -0.0562. The van der Waals surface area contributed by atoms with Crippen LogP contribution in [0.5, 0.6) is 0 Å². The fourth-order valence-corrected chi connectivity index (χ4v) is 2.24. The Balaban J connectivity index is 2.42. The van der Waals surface area contributed by atoms with Crippen LogP contribution in [-0.4, -0.2) is 36.1 Å². The zero-order valence-corrected chi connectivity index (χ0v) is 11.5. The number of nitrogens with one attached hydrogen (secondary N) is 2. The van der Waals surface area contributed by atoms with E-state index in [0.717, 1.165) is 19.4 Å². The monoisotopic (exact) mass is 256 g/mol. The fourth-order valence-electron chi connectivity index (χ4n) is 2.24. The van der Waals surface area contributed by atoms with Crippen LogP contribution in [0.2, 0.25) is 0 Å². The van der Waals surface area contributed by atoms with E-state index in [1.165, 1.54) is 0 Å². The first-order valence-electron chi connectivity index (χ1n) is 6.53. The van der Waals surface area contributed by atoms with Gasteiger partial charge < -0.3 is 15.7 Å². The molecule has 0 aromatic heterocycles. The van der Waals surface area contributed by atoms with E-state index in [-0.39, 0.29) is 23.9 Å². The molecule has 1 saturated heterocycles. The van der Waals surface area contributed by atoms with E-state index >= 15 is 0 Å². The van der Waals surface area contributed by atoms with Crippen LogP contribution in [0.25, 0.3) is 0 Å². The van der Waals surface area contributed by atoms with Crippen molar-refractivity contribution in [2.45, 2.75) is 46.1 Å². The standard InChI is InChI=1S/C13H24N2O3/c1-13(2,3)7-9(12(17)18)8-15-11(16)10-5-4-6-14-10/h9-10,14H,4-8H2,1-3H3,(H,15,16)(H,17,18)/t9?,10-/m0/s1. The van der Waals surface area contributed by atoms with E-state index in [4.69, 9.17) is 5.11 Å². The maximum absolute atomic E-state index is 11.8. The topological polar surface area (TPSA) is 78.4 Å². The summed E-state index contributed by atoms with van der Waals surface area (Å²) < 4.78 is 0. The molecular formula is C13H24N2O3. The molecule has 104 valence electrons. The van der Waals surface area contributed by atoms with Crippen molar-refractivity contribution in [1.82, 2.24) is 10.6 Å². The summed E-state index contributed by atoms with van der Waals surface area (Å²) in [7, 11) is 0. The summed E-state index contributed by atoms with van der Waals surface area (Å²) in [6.07, 6.45) is 2.39. The van der Waals surface area contributed by atoms with Gasteiger partial charge in [-0.3, -0.25) is 9.59 Å². The molecule has 0 aromatic rings. The SMILES string of the molecule is CC(C)(C)CC(CNC(=O)[C@@H]1CCCN1)C(=O)O. The molecule has 1 fully saturated rings. The van der Waals surface area contributed by atoms with E-state index in [0.29, 0.717) is 6.42 Å². The molecule has 0 bridgehead atoms. The van der Waals surface area contributed by atoms with Crippen LogP contribution in [-0.2, 0) is 9.59 Å². The van der Waals surface area contributed by atoms with Gasteiger partial charge in [0.1, 0.15) is 0 Å². The van der Waals surface area contributed by atoms with Crippen molar-refractivity contribution in [3.63, 3.8) is 0 Å². The Hall–Kier alpha value is -1.10. The van der Waals surface area contributed by atoms with Crippen molar-refractivity contribution in [3.8, 4) is 0 Å². The van der Waals surface area contributed by atoms with E-state index < -0.39 is 11.9 Å². The minimum absolute atomic E-state index is 0.0562. The summed E-state index contributed by atoms with van der Waals surface area (Å²) in [5, 5.41) is 15.0. The van der Waals surface area contributed by atoms with Crippen LogP contribution in [0.3, 0.4) is 0 Å². The zero-order valence-electron chi connectivity index (χ0n) is 11.5. The second-order valence-electron chi connectivity index (χ2n) is 6.19. The zero-order chi connectivity index (χ0) is 13.8. The van der Waals surface area contributed by atoms with Crippen LogP contribution < -0.4 is 10.6 Å². The molecule has 1 rings (SSSR count). The number of hydrogen-bond donors (Lipinski definition) is 3. The van der Waals surface area contributed by atoms with Gasteiger partial charge in [0, 0.05) is 6.54 Å². The van der Waals surface area contributed by atoms with Crippen molar-refractivity contribution < 1.29 is 14.7 Å². The lowest BCUT2D eigenvalue weighted by atomic mass is 9.84. The van der Waals surface area contributed by atoms with Crippen LogP contribution in [0, 0.1) is 11.3 Å². The molecule has 2 atom stereocenters. The van der Waals surface area contributed by atoms with Crippen molar-refractivity contribution in [3.05, 3.63) is 0 Å². The highest BCUT2D eigenvalue weighted by Crippen LogP contribution is 2.24. The van der Waals surface area contributed by atoms with Gasteiger partial charge >= 0.3 is 5.97 Å². The molecule has 1 unspecified atom stereocenters. The van der Waals surface area contributed by atoms with E-state index in [1.807, 2.05) is 20.8 Å². The first kappa shape index (κ1) is 15.0. The molecule has 1 heterocycles. The van der Waals surface area contributed by atoms with Crippen LogP contribution >= 0.6 is 0 Å². The average Bonchev–Trinajstić information content (AvgIpc) is 2.75. The lowest BCUT2D eigenvalue weighted by Crippen LogP contribution is -2.43. The predicted molar refractivity (Wildman–Crippen MR) is 69.2 cm³/mol. The van der Waals surface area contributed by atoms with Gasteiger partial charge in [-0.2, -0.15) is 0 Å². The van der Waals surface area contributed by atoms with Gasteiger partial charge in [-0.25, -0.2) is 0 Å². The fraction of sp³-hybridized carbons (Fsp3) is 0.846. The molecule has 0 aliphatic carbocycles. The quantitative estimate of drug-likeness (QED) is 0.685. The number of carboxylic acid groups (broad SMARTS) is 1. The van der Waals surface area contributed by atoms with Crippen LogP contribution in [0.15, 0.2) is 0 Å². The molecule has 1 amide bonds. The molecule has 0 aromatic carbocycles. The molecule has 1 aliphatic heterocycles. The number of rotatable bonds is 5. The molecule has 1 aliphatic rings. The molecule has 3 N–H and O–H groups in total. The normalized spacial score (nSPS) is 21.6. The summed E-state index contributed by atoms with van der Waals surface area (Å²) in [6.45, 7) is 7.09. The van der Waals surface area contributed by atoms with Crippen molar-refractivity contribution in [1.29, 1.82) is 0 Å². The molecule has 0 saturated carbocycles. The molecule has 18 heavy (non-hydrogen) atoms. The maximum atomic E-state index is 11.8. The highest BCUT2D eigenvalue weighted by atomic mass is 16.4. The Kier molecular flexibility index (Phi) is 5.14. The number of amides is 1. The highest BCUT2D eigenvalue weighted by molar-refractivity contribution is 5.82. The van der Waals surface area contributed by atoms with Gasteiger partial charge in [-0.15, -0.1) is 0 Å². The number of hydrogen-bond acceptors (Lipinski definition) is 3. The van der Waals surface area contributed by atoms with Crippen molar-refractivity contribution in [2.24, 2.45) is 11.3 Å². The molecular weight excluding hydrogens is 232 g/mol. The van der Waals surface area contributed by atoms with Gasteiger partial charge in [0.25, 0.3) is 0 Å². The Morgan fingerprint density at radius 3 is 2.56 bits per heavy atom. The Labute approximate surface area is 108 Å². The Morgan fingerprint density at radius 2 is 2.11 bits per heavy atom. The molecule has 0 spiro atoms. The average molecular weight is 256 g/mol. The van der Waals surface area contributed by atoms with Gasteiger partial charge in [0.2, 0.25) is 5.91 Å². The predicted octanol–water partition coefficient (Wildman–Crippen LogP) is 0.992. The van der Waals surface area contributed by atoms with Crippen LogP contribution in [0.4, 0.5) is 0 Å². The van der Waals surface area contributed by atoms with Crippen LogP contribution in [0.1, 0.15) is 40.0 Å². The van der Waals surface area contributed by atoms with E-state index in [2.05, 4.69) is 10.6 Å². The smallest absolute Gasteiger partial charge is 0.308 e. The second kappa shape index (κ2) is 6.18. The number of carbonyl (C=O) groups excluding carboxylic acids is 1. The third-order valence-corrected chi connectivity index (χ3v) is 3.11. The third kappa shape index (κ3) is 5.04. The number of carbonyl (C=O) groups is 2. The lowest BCUT2D eigenvalue weighted by molar-refractivity contribution is -0.142. The summed E-state index contributed by atoms with van der Waals surface area (Å²) in [6, 6.07) is -0.144. The number of carboxylic acids is 1. The molecule has 5 nitrogen and oxygen atoms in total.